The lowest BCUT2D eigenvalue weighted by Crippen LogP contribution is -2.39. The van der Waals surface area contributed by atoms with Crippen LogP contribution in [0.1, 0.15) is 12.8 Å². The van der Waals surface area contributed by atoms with E-state index in [0.29, 0.717) is 12.6 Å². The lowest BCUT2D eigenvalue weighted by atomic mass is 10.2. The Morgan fingerprint density at radius 1 is 1.77 bits per heavy atom. The average molecular weight is 187 g/mol. The Morgan fingerprint density at radius 2 is 2.54 bits per heavy atom. The van der Waals surface area contributed by atoms with Crippen molar-refractivity contribution in [2.24, 2.45) is 10.9 Å². The normalized spacial score (nSPS) is 25.3. The van der Waals surface area contributed by atoms with Crippen molar-refractivity contribution >= 4 is 5.84 Å². The second kappa shape index (κ2) is 5.04. The third-order valence-corrected chi connectivity index (χ3v) is 2.35. The van der Waals surface area contributed by atoms with E-state index in [1.165, 1.54) is 0 Å². The second-order valence-electron chi connectivity index (χ2n) is 3.31. The van der Waals surface area contributed by atoms with E-state index in [9.17, 15) is 0 Å². The van der Waals surface area contributed by atoms with Gasteiger partial charge in [0, 0.05) is 13.2 Å². The van der Waals surface area contributed by atoms with E-state index in [0.717, 1.165) is 26.0 Å². The Labute approximate surface area is 78.1 Å². The molecule has 0 aliphatic carbocycles. The first-order chi connectivity index (χ1) is 6.27. The number of hydrogen-bond acceptors (Lipinski definition) is 4. The molecule has 76 valence electrons. The first kappa shape index (κ1) is 10.3. The van der Waals surface area contributed by atoms with E-state index < -0.39 is 0 Å². The first-order valence-electron chi connectivity index (χ1n) is 4.47. The molecule has 0 amide bonds. The van der Waals surface area contributed by atoms with Crippen LogP contribution < -0.4 is 5.73 Å². The highest BCUT2D eigenvalue weighted by Gasteiger charge is 2.24. The molecular weight excluding hydrogens is 170 g/mol. The minimum atomic E-state index is 0.267. The Bertz CT molecular complexity index is 184. The lowest BCUT2D eigenvalue weighted by molar-refractivity contribution is 0.123. The summed E-state index contributed by atoms with van der Waals surface area (Å²) < 4.78 is 5.09. The van der Waals surface area contributed by atoms with Gasteiger partial charge in [-0.1, -0.05) is 5.16 Å². The predicted octanol–water partition coefficient (Wildman–Crippen LogP) is -0.156. The number of nitrogens with two attached hydrogens (primary N) is 1. The Balaban J connectivity index is 2.39. The quantitative estimate of drug-likeness (QED) is 0.278. The van der Waals surface area contributed by atoms with Crippen LogP contribution in [0.15, 0.2) is 5.16 Å². The van der Waals surface area contributed by atoms with Crippen molar-refractivity contribution in [3.63, 3.8) is 0 Å². The van der Waals surface area contributed by atoms with Gasteiger partial charge in [-0.15, -0.1) is 0 Å². The van der Waals surface area contributed by atoms with Crippen molar-refractivity contribution in [2.45, 2.75) is 18.9 Å². The first-order valence-corrected chi connectivity index (χ1v) is 4.47. The highest BCUT2D eigenvalue weighted by molar-refractivity contribution is 5.81. The third-order valence-electron chi connectivity index (χ3n) is 2.35. The average Bonchev–Trinajstić information content (AvgIpc) is 2.54. The van der Waals surface area contributed by atoms with E-state index in [1.54, 1.807) is 7.11 Å². The van der Waals surface area contributed by atoms with Crippen molar-refractivity contribution < 1.29 is 9.94 Å². The molecule has 0 unspecified atom stereocenters. The van der Waals surface area contributed by atoms with Crippen LogP contribution in [-0.4, -0.2) is 48.8 Å². The van der Waals surface area contributed by atoms with Crippen LogP contribution in [-0.2, 0) is 4.74 Å². The van der Waals surface area contributed by atoms with Gasteiger partial charge in [0.1, 0.15) is 0 Å². The molecule has 3 N–H and O–H groups in total. The largest absolute Gasteiger partial charge is 0.409 e. The lowest BCUT2D eigenvalue weighted by Gasteiger charge is -2.22. The SMILES string of the molecule is COC[C@H]1CCCN1CC(N)=NO. The molecule has 0 aromatic rings. The van der Waals surface area contributed by atoms with E-state index in [1.807, 2.05) is 0 Å². The summed E-state index contributed by atoms with van der Waals surface area (Å²) >= 11 is 0. The highest BCUT2D eigenvalue weighted by atomic mass is 16.5. The molecule has 0 aromatic heterocycles. The van der Waals surface area contributed by atoms with Gasteiger partial charge in [-0.25, -0.2) is 0 Å². The number of oxime groups is 1. The zero-order chi connectivity index (χ0) is 9.68. The molecule has 1 aliphatic rings. The summed E-state index contributed by atoms with van der Waals surface area (Å²) in [5.74, 6) is 0.267. The van der Waals surface area contributed by atoms with Crippen LogP contribution >= 0.6 is 0 Å². The predicted molar refractivity (Wildman–Crippen MR) is 49.9 cm³/mol. The maximum Gasteiger partial charge on any atom is 0.153 e. The minimum Gasteiger partial charge on any atom is -0.409 e. The van der Waals surface area contributed by atoms with Crippen LogP contribution in [0.25, 0.3) is 0 Å². The molecular formula is C8H17N3O2. The summed E-state index contributed by atoms with van der Waals surface area (Å²) in [6.07, 6.45) is 2.29. The number of ether oxygens (including phenoxy) is 1. The molecule has 5 heteroatoms. The molecule has 1 rings (SSSR count). The second-order valence-corrected chi connectivity index (χ2v) is 3.31. The maximum atomic E-state index is 8.42. The molecule has 0 spiro atoms. The minimum absolute atomic E-state index is 0.267. The van der Waals surface area contributed by atoms with Crippen molar-refractivity contribution in [1.29, 1.82) is 0 Å². The third kappa shape index (κ3) is 2.86. The van der Waals surface area contributed by atoms with Crippen molar-refractivity contribution in [2.75, 3.05) is 26.8 Å². The van der Waals surface area contributed by atoms with Crippen LogP contribution in [0, 0.1) is 0 Å². The molecule has 13 heavy (non-hydrogen) atoms. The number of nitrogens with zero attached hydrogens (tertiary/aromatic N) is 2. The fourth-order valence-electron chi connectivity index (χ4n) is 1.72. The number of hydrogen-bond donors (Lipinski definition) is 2. The highest BCUT2D eigenvalue weighted by Crippen LogP contribution is 2.16. The van der Waals surface area contributed by atoms with E-state index >= 15 is 0 Å². The molecule has 5 nitrogen and oxygen atoms in total. The van der Waals surface area contributed by atoms with Gasteiger partial charge >= 0.3 is 0 Å². The zero-order valence-corrected chi connectivity index (χ0v) is 7.94. The summed E-state index contributed by atoms with van der Waals surface area (Å²) in [5.41, 5.74) is 5.43. The van der Waals surface area contributed by atoms with E-state index in [4.69, 9.17) is 15.7 Å². The Kier molecular flexibility index (Phi) is 3.98. The fraction of sp³-hybridized carbons (Fsp3) is 0.875. The van der Waals surface area contributed by atoms with E-state index in [2.05, 4.69) is 10.1 Å². The molecule has 0 saturated carbocycles. The Morgan fingerprint density at radius 3 is 3.15 bits per heavy atom. The summed E-state index contributed by atoms with van der Waals surface area (Å²) in [6.45, 7) is 2.26. The summed E-state index contributed by atoms with van der Waals surface area (Å²) in [4.78, 5) is 2.18. The van der Waals surface area contributed by atoms with Crippen molar-refractivity contribution in [3.8, 4) is 0 Å². The van der Waals surface area contributed by atoms with Gasteiger partial charge in [0.25, 0.3) is 0 Å². The zero-order valence-electron chi connectivity index (χ0n) is 7.94. The smallest absolute Gasteiger partial charge is 0.153 e. The van der Waals surface area contributed by atoms with Crippen LogP contribution in [0.5, 0.6) is 0 Å². The molecule has 1 saturated heterocycles. The molecule has 0 bridgehead atoms. The standard InChI is InChI=1S/C8H17N3O2/c1-13-6-7-3-2-4-11(7)5-8(9)10-12/h7,12H,2-6H2,1H3,(H2,9,10)/t7-/m1/s1. The van der Waals surface area contributed by atoms with Gasteiger partial charge in [0.05, 0.1) is 13.2 Å². The van der Waals surface area contributed by atoms with Crippen LogP contribution in [0.3, 0.4) is 0 Å². The van der Waals surface area contributed by atoms with Gasteiger partial charge in [-0.2, -0.15) is 0 Å². The number of amidine groups is 1. The fourth-order valence-corrected chi connectivity index (χ4v) is 1.72. The molecule has 1 atom stereocenters. The summed E-state index contributed by atoms with van der Waals surface area (Å²) in [7, 11) is 1.69. The van der Waals surface area contributed by atoms with Gasteiger partial charge in [-0.3, -0.25) is 4.90 Å². The van der Waals surface area contributed by atoms with Crippen molar-refractivity contribution in [3.05, 3.63) is 0 Å². The summed E-state index contributed by atoms with van der Waals surface area (Å²) in [5, 5.41) is 11.4. The van der Waals surface area contributed by atoms with Gasteiger partial charge < -0.3 is 15.7 Å². The number of likely N-dealkylation sites (tertiary alicyclic amines) is 1. The number of rotatable bonds is 4. The summed E-state index contributed by atoms with van der Waals surface area (Å²) in [6, 6.07) is 0.422. The Hall–Kier alpha value is -0.810. The van der Waals surface area contributed by atoms with Crippen LogP contribution in [0.2, 0.25) is 0 Å². The number of methoxy groups -OCH3 is 1. The van der Waals surface area contributed by atoms with Gasteiger partial charge in [-0.05, 0) is 19.4 Å². The topological polar surface area (TPSA) is 71.1 Å². The monoisotopic (exact) mass is 187 g/mol. The molecule has 1 heterocycles. The van der Waals surface area contributed by atoms with Crippen molar-refractivity contribution in [1.82, 2.24) is 4.90 Å². The molecule has 1 fully saturated rings. The van der Waals surface area contributed by atoms with Gasteiger partial charge in [0.15, 0.2) is 5.84 Å². The van der Waals surface area contributed by atoms with E-state index in [-0.39, 0.29) is 5.84 Å². The maximum absolute atomic E-state index is 8.42. The molecule has 1 aliphatic heterocycles. The van der Waals surface area contributed by atoms with Gasteiger partial charge in [0.2, 0.25) is 0 Å². The molecule has 0 radical (unpaired) electrons. The van der Waals surface area contributed by atoms with Crippen LogP contribution in [0.4, 0.5) is 0 Å². The molecule has 0 aromatic carbocycles.